The lowest BCUT2D eigenvalue weighted by atomic mass is 9.81. The van der Waals surface area contributed by atoms with Crippen LogP contribution in [0.3, 0.4) is 0 Å². The SMILES string of the molecule is Nc1ccn(C2CC(CO)C2)c(=O)n1. The van der Waals surface area contributed by atoms with E-state index in [1.807, 2.05) is 0 Å². The quantitative estimate of drug-likeness (QED) is 0.683. The van der Waals surface area contributed by atoms with E-state index in [2.05, 4.69) is 4.98 Å². The van der Waals surface area contributed by atoms with Crippen molar-refractivity contribution in [3.8, 4) is 0 Å². The Morgan fingerprint density at radius 2 is 2.36 bits per heavy atom. The zero-order valence-electron chi connectivity index (χ0n) is 7.76. The van der Waals surface area contributed by atoms with Gasteiger partial charge in [0.1, 0.15) is 5.82 Å². The molecule has 3 N–H and O–H groups in total. The van der Waals surface area contributed by atoms with Crippen LogP contribution >= 0.6 is 0 Å². The molecule has 14 heavy (non-hydrogen) atoms. The van der Waals surface area contributed by atoms with Gasteiger partial charge in [-0.2, -0.15) is 4.98 Å². The average Bonchev–Trinajstić information content (AvgIpc) is 2.06. The Kier molecular flexibility index (Phi) is 2.25. The van der Waals surface area contributed by atoms with Crippen molar-refractivity contribution < 1.29 is 5.11 Å². The van der Waals surface area contributed by atoms with Gasteiger partial charge < -0.3 is 10.8 Å². The molecule has 0 saturated heterocycles. The van der Waals surface area contributed by atoms with E-state index < -0.39 is 0 Å². The molecule has 0 amide bonds. The van der Waals surface area contributed by atoms with E-state index in [9.17, 15) is 4.79 Å². The third kappa shape index (κ3) is 1.50. The highest BCUT2D eigenvalue weighted by Gasteiger charge is 2.30. The van der Waals surface area contributed by atoms with Crippen LogP contribution in [0.15, 0.2) is 17.1 Å². The van der Waals surface area contributed by atoms with E-state index in [1.165, 1.54) is 0 Å². The van der Waals surface area contributed by atoms with Crippen LogP contribution in [0.2, 0.25) is 0 Å². The van der Waals surface area contributed by atoms with Crippen molar-refractivity contribution in [2.24, 2.45) is 5.92 Å². The summed E-state index contributed by atoms with van der Waals surface area (Å²) in [5, 5.41) is 8.84. The molecule has 0 spiro atoms. The Morgan fingerprint density at radius 1 is 1.64 bits per heavy atom. The number of hydrogen-bond donors (Lipinski definition) is 2. The zero-order chi connectivity index (χ0) is 10.1. The average molecular weight is 195 g/mol. The molecule has 0 aliphatic heterocycles. The van der Waals surface area contributed by atoms with Gasteiger partial charge in [0.2, 0.25) is 0 Å². The number of aliphatic hydroxyl groups is 1. The van der Waals surface area contributed by atoms with Crippen LogP contribution in [-0.2, 0) is 0 Å². The predicted octanol–water partition coefficient (Wildman–Crippen LogP) is -0.231. The molecule has 1 aliphatic rings. The molecule has 0 unspecified atom stereocenters. The van der Waals surface area contributed by atoms with Gasteiger partial charge in [-0.25, -0.2) is 4.79 Å². The van der Waals surface area contributed by atoms with Crippen LogP contribution in [0, 0.1) is 5.92 Å². The molecule has 0 atom stereocenters. The standard InChI is InChI=1S/C9H13N3O2/c10-8-1-2-12(9(14)11-8)7-3-6(4-7)5-13/h1-2,6-7,13H,3-5H2,(H2,10,11,14). The van der Waals surface area contributed by atoms with Crippen molar-refractivity contribution in [2.75, 3.05) is 12.3 Å². The Hall–Kier alpha value is -1.36. The summed E-state index contributed by atoms with van der Waals surface area (Å²) in [6.07, 6.45) is 3.37. The van der Waals surface area contributed by atoms with Crippen LogP contribution in [0.1, 0.15) is 18.9 Å². The normalized spacial score (nSPS) is 25.8. The molecule has 5 nitrogen and oxygen atoms in total. The number of rotatable bonds is 2. The molecule has 1 aliphatic carbocycles. The minimum absolute atomic E-state index is 0.188. The van der Waals surface area contributed by atoms with Gasteiger partial charge >= 0.3 is 5.69 Å². The van der Waals surface area contributed by atoms with E-state index in [-0.39, 0.29) is 24.2 Å². The summed E-state index contributed by atoms with van der Waals surface area (Å²) in [5.41, 5.74) is 5.08. The van der Waals surface area contributed by atoms with Crippen molar-refractivity contribution in [3.63, 3.8) is 0 Å². The summed E-state index contributed by atoms with van der Waals surface area (Å²) in [5.74, 6) is 0.591. The largest absolute Gasteiger partial charge is 0.396 e. The van der Waals surface area contributed by atoms with Gasteiger partial charge in [-0.3, -0.25) is 4.57 Å². The fourth-order valence-corrected chi connectivity index (χ4v) is 1.78. The minimum atomic E-state index is -0.300. The Morgan fingerprint density at radius 3 is 2.93 bits per heavy atom. The van der Waals surface area contributed by atoms with Gasteiger partial charge in [0.25, 0.3) is 0 Å². The van der Waals surface area contributed by atoms with E-state index in [1.54, 1.807) is 16.8 Å². The second-order valence-corrected chi connectivity index (χ2v) is 3.72. The highest BCUT2D eigenvalue weighted by Crippen LogP contribution is 2.36. The molecule has 0 bridgehead atoms. The molecule has 0 radical (unpaired) electrons. The molecule has 0 aromatic carbocycles. The van der Waals surface area contributed by atoms with Gasteiger partial charge in [0.05, 0.1) is 0 Å². The highest BCUT2D eigenvalue weighted by atomic mass is 16.3. The fourth-order valence-electron chi connectivity index (χ4n) is 1.78. The maximum absolute atomic E-state index is 11.4. The van der Waals surface area contributed by atoms with E-state index in [0.717, 1.165) is 12.8 Å². The molecular formula is C9H13N3O2. The molecule has 76 valence electrons. The summed E-state index contributed by atoms with van der Waals surface area (Å²) in [4.78, 5) is 15.0. The number of nitrogens with zero attached hydrogens (tertiary/aromatic N) is 2. The van der Waals surface area contributed by atoms with Crippen LogP contribution < -0.4 is 11.4 Å². The second kappa shape index (κ2) is 3.42. The molecule has 2 rings (SSSR count). The third-order valence-corrected chi connectivity index (χ3v) is 2.71. The van der Waals surface area contributed by atoms with Crippen molar-refractivity contribution in [1.82, 2.24) is 9.55 Å². The smallest absolute Gasteiger partial charge is 0.349 e. The number of aliphatic hydroxyl groups excluding tert-OH is 1. The number of aromatic nitrogens is 2. The third-order valence-electron chi connectivity index (χ3n) is 2.71. The second-order valence-electron chi connectivity index (χ2n) is 3.72. The molecule has 1 fully saturated rings. The topological polar surface area (TPSA) is 81.1 Å². The molecular weight excluding hydrogens is 182 g/mol. The van der Waals surface area contributed by atoms with Gasteiger partial charge in [-0.1, -0.05) is 0 Å². The lowest BCUT2D eigenvalue weighted by molar-refractivity contribution is 0.109. The van der Waals surface area contributed by atoms with Crippen molar-refractivity contribution in [3.05, 3.63) is 22.7 Å². The number of anilines is 1. The molecule has 1 saturated carbocycles. The Labute approximate surface area is 81.2 Å². The maximum Gasteiger partial charge on any atom is 0.349 e. The summed E-state index contributed by atoms with van der Waals surface area (Å²) in [6, 6.07) is 1.81. The lowest BCUT2D eigenvalue weighted by Crippen LogP contribution is -2.36. The van der Waals surface area contributed by atoms with Crippen LogP contribution in [0.4, 0.5) is 5.82 Å². The summed E-state index contributed by atoms with van der Waals surface area (Å²) in [6.45, 7) is 0.202. The zero-order valence-corrected chi connectivity index (χ0v) is 7.76. The monoisotopic (exact) mass is 195 g/mol. The van der Waals surface area contributed by atoms with Crippen molar-refractivity contribution in [1.29, 1.82) is 0 Å². The number of nitrogen functional groups attached to an aromatic ring is 1. The van der Waals surface area contributed by atoms with Gasteiger partial charge in [0.15, 0.2) is 0 Å². The van der Waals surface area contributed by atoms with Gasteiger partial charge in [-0.15, -0.1) is 0 Å². The van der Waals surface area contributed by atoms with Crippen LogP contribution in [-0.4, -0.2) is 21.3 Å². The molecule has 1 aromatic rings. The molecule has 1 aromatic heterocycles. The number of nitrogens with two attached hydrogens (primary N) is 1. The summed E-state index contributed by atoms with van der Waals surface area (Å²) in [7, 11) is 0. The van der Waals surface area contributed by atoms with Crippen molar-refractivity contribution >= 4 is 5.82 Å². The van der Waals surface area contributed by atoms with Crippen LogP contribution in [0.25, 0.3) is 0 Å². The summed E-state index contributed by atoms with van der Waals surface area (Å²) < 4.78 is 1.59. The maximum atomic E-state index is 11.4. The number of hydrogen-bond acceptors (Lipinski definition) is 4. The lowest BCUT2D eigenvalue weighted by Gasteiger charge is -2.34. The highest BCUT2D eigenvalue weighted by molar-refractivity contribution is 5.23. The Bertz CT molecular complexity index is 382. The van der Waals surface area contributed by atoms with Crippen molar-refractivity contribution in [2.45, 2.75) is 18.9 Å². The fraction of sp³-hybridized carbons (Fsp3) is 0.556. The van der Waals surface area contributed by atoms with E-state index in [0.29, 0.717) is 5.92 Å². The Balaban J connectivity index is 2.15. The van der Waals surface area contributed by atoms with Crippen LogP contribution in [0.5, 0.6) is 0 Å². The first-order chi connectivity index (χ1) is 6.70. The predicted molar refractivity (Wildman–Crippen MR) is 51.8 cm³/mol. The molecule has 1 heterocycles. The van der Waals surface area contributed by atoms with Gasteiger partial charge in [-0.05, 0) is 24.8 Å². The van der Waals surface area contributed by atoms with E-state index >= 15 is 0 Å². The first kappa shape index (κ1) is 9.21. The first-order valence-electron chi connectivity index (χ1n) is 4.66. The first-order valence-corrected chi connectivity index (χ1v) is 4.66. The summed E-state index contributed by atoms with van der Waals surface area (Å²) >= 11 is 0. The van der Waals surface area contributed by atoms with Gasteiger partial charge in [0, 0.05) is 18.8 Å². The van der Waals surface area contributed by atoms with E-state index in [4.69, 9.17) is 10.8 Å². The molecule has 5 heteroatoms. The minimum Gasteiger partial charge on any atom is -0.396 e.